The highest BCUT2D eigenvalue weighted by molar-refractivity contribution is 6.10. The van der Waals surface area contributed by atoms with Crippen molar-refractivity contribution in [2.24, 2.45) is 0 Å². The number of hydrogen-bond acceptors (Lipinski definition) is 8. The average molecular weight is 759 g/mol. The fourth-order valence-electron chi connectivity index (χ4n) is 5.67. The van der Waals surface area contributed by atoms with E-state index in [1.165, 1.54) is 0 Å². The smallest absolute Gasteiger partial charge is 0.412 e. The van der Waals surface area contributed by atoms with Crippen molar-refractivity contribution >= 4 is 35.3 Å². The maximum atomic E-state index is 15.5. The number of ether oxygens (including phenoxy) is 1. The Labute approximate surface area is 317 Å². The van der Waals surface area contributed by atoms with E-state index in [1.807, 2.05) is 5.32 Å². The van der Waals surface area contributed by atoms with Gasteiger partial charge >= 0.3 is 12.0 Å². The molecular weight excluding hydrogens is 714 g/mol. The van der Waals surface area contributed by atoms with Crippen molar-refractivity contribution in [2.45, 2.75) is 65.1 Å². The maximum absolute atomic E-state index is 15.5. The number of Topliss-reactive ketones (excluding diaryl/α,β-unsaturated/α-hetero) is 1. The molecule has 0 saturated carbocycles. The van der Waals surface area contributed by atoms with Gasteiger partial charge in [0.05, 0.1) is 12.2 Å². The molecule has 1 unspecified atom stereocenters. The molecular formula is C40H44F2N6O7. The van der Waals surface area contributed by atoms with E-state index in [0.29, 0.717) is 29.8 Å². The first kappa shape index (κ1) is 41.5. The van der Waals surface area contributed by atoms with E-state index in [1.54, 1.807) is 111 Å². The van der Waals surface area contributed by atoms with Crippen LogP contribution >= 0.6 is 0 Å². The van der Waals surface area contributed by atoms with Crippen molar-refractivity contribution in [3.8, 4) is 11.4 Å². The molecule has 1 atom stereocenters. The number of aryl methyl sites for hydroxylation is 1. The predicted octanol–water partition coefficient (Wildman–Crippen LogP) is 4.66. The largest absolute Gasteiger partial charge is 0.444 e. The van der Waals surface area contributed by atoms with E-state index >= 15 is 8.78 Å². The van der Waals surface area contributed by atoms with E-state index in [9.17, 15) is 28.8 Å². The summed E-state index contributed by atoms with van der Waals surface area (Å²) in [5.41, 5.74) is 1.15. The lowest BCUT2D eigenvalue weighted by Gasteiger charge is -2.23. The number of aromatic nitrogens is 2. The van der Waals surface area contributed by atoms with Crippen LogP contribution in [-0.4, -0.2) is 75.6 Å². The van der Waals surface area contributed by atoms with Gasteiger partial charge in [0.15, 0.2) is 0 Å². The van der Waals surface area contributed by atoms with Crippen molar-refractivity contribution in [2.75, 3.05) is 25.0 Å². The molecule has 0 aliphatic rings. The Morgan fingerprint density at radius 2 is 1.56 bits per heavy atom. The number of alkyl halides is 2. The molecule has 15 heteroatoms. The highest BCUT2D eigenvalue weighted by atomic mass is 19.3. The molecule has 1 aromatic heterocycles. The Morgan fingerprint density at radius 1 is 0.909 bits per heavy atom. The highest BCUT2D eigenvalue weighted by Crippen LogP contribution is 2.21. The number of nitrogens with one attached hydrogen (secondary N) is 3. The van der Waals surface area contributed by atoms with Gasteiger partial charge in [-0.1, -0.05) is 84.4 Å². The molecule has 55 heavy (non-hydrogen) atoms. The van der Waals surface area contributed by atoms with Crippen molar-refractivity contribution in [1.82, 2.24) is 25.1 Å². The number of hydrogen-bond donors (Lipinski definition) is 3. The van der Waals surface area contributed by atoms with Gasteiger partial charge in [-0.05, 0) is 44.4 Å². The number of benzene rings is 3. The van der Waals surface area contributed by atoms with Gasteiger partial charge in [-0.15, -0.1) is 0 Å². The number of rotatable bonds is 18. The predicted molar refractivity (Wildman–Crippen MR) is 201 cm³/mol. The number of ketones is 1. The molecule has 3 aromatic carbocycles. The lowest BCUT2D eigenvalue weighted by molar-refractivity contribution is -0.160. The molecule has 0 fully saturated rings. The first-order valence-corrected chi connectivity index (χ1v) is 17.8. The van der Waals surface area contributed by atoms with Gasteiger partial charge in [0, 0.05) is 38.0 Å². The van der Waals surface area contributed by atoms with Crippen LogP contribution in [0.4, 0.5) is 19.3 Å². The van der Waals surface area contributed by atoms with Gasteiger partial charge in [-0.3, -0.25) is 33.9 Å². The van der Waals surface area contributed by atoms with Crippen LogP contribution in [0.25, 0.3) is 11.4 Å². The number of amides is 4. The zero-order valence-corrected chi connectivity index (χ0v) is 30.8. The summed E-state index contributed by atoms with van der Waals surface area (Å²) >= 11 is 0. The fourth-order valence-corrected chi connectivity index (χ4v) is 5.67. The van der Waals surface area contributed by atoms with E-state index in [2.05, 4.69) is 15.6 Å². The van der Waals surface area contributed by atoms with Crippen molar-refractivity contribution in [3.63, 3.8) is 0 Å². The summed E-state index contributed by atoms with van der Waals surface area (Å²) in [4.78, 5) is 84.3. The van der Waals surface area contributed by atoms with Gasteiger partial charge in [0.25, 0.3) is 11.5 Å². The van der Waals surface area contributed by atoms with Gasteiger partial charge in [-0.25, -0.2) is 9.78 Å². The van der Waals surface area contributed by atoms with Crippen LogP contribution in [0.1, 0.15) is 43.4 Å². The van der Waals surface area contributed by atoms with E-state index in [0.717, 1.165) is 16.3 Å². The summed E-state index contributed by atoms with van der Waals surface area (Å²) < 4.78 is 37.1. The Balaban J connectivity index is 1.56. The number of nitrogens with zero attached hydrogens (tertiary/aromatic N) is 3. The maximum Gasteiger partial charge on any atom is 0.412 e. The number of carbonyl (C=O) groups is 5. The van der Waals surface area contributed by atoms with Gasteiger partial charge in [-0.2, -0.15) is 8.78 Å². The van der Waals surface area contributed by atoms with E-state index in [-0.39, 0.29) is 43.4 Å². The SMILES string of the molecule is CCN(CC)C(=O)CCCNC(=O)C(F)(F)C(=O)C(Cc1ccccc1)NC(=O)Cn1c(-c2cccc(C)c2)ncc(NC(=O)OCc2ccccc2)c1=O. The molecule has 3 N–H and O–H groups in total. The molecule has 0 aliphatic heterocycles. The quantitative estimate of drug-likeness (QED) is 0.0973. The van der Waals surface area contributed by atoms with Crippen molar-refractivity contribution in [1.29, 1.82) is 0 Å². The second-order valence-corrected chi connectivity index (χ2v) is 12.6. The first-order valence-electron chi connectivity index (χ1n) is 17.8. The second-order valence-electron chi connectivity index (χ2n) is 12.6. The lowest BCUT2D eigenvalue weighted by atomic mass is 9.98. The summed E-state index contributed by atoms with van der Waals surface area (Å²) in [7, 11) is 0. The Hall–Kier alpha value is -6.25. The van der Waals surface area contributed by atoms with E-state index in [4.69, 9.17) is 4.74 Å². The summed E-state index contributed by atoms with van der Waals surface area (Å²) in [5, 5.41) is 6.67. The minimum Gasteiger partial charge on any atom is -0.444 e. The number of halogens is 2. The summed E-state index contributed by atoms with van der Waals surface area (Å²) in [6.07, 6.45) is -0.178. The molecule has 13 nitrogen and oxygen atoms in total. The van der Waals surface area contributed by atoms with E-state index < -0.39 is 54.2 Å². The topological polar surface area (TPSA) is 169 Å². The van der Waals surface area contributed by atoms with Crippen LogP contribution in [-0.2, 0) is 43.5 Å². The Morgan fingerprint density at radius 3 is 2.20 bits per heavy atom. The molecule has 4 aromatic rings. The zero-order chi connectivity index (χ0) is 40.0. The molecule has 4 rings (SSSR count). The highest BCUT2D eigenvalue weighted by Gasteiger charge is 2.50. The molecule has 1 heterocycles. The van der Waals surface area contributed by atoms with Crippen molar-refractivity contribution < 1.29 is 37.5 Å². The standard InChI is InChI=1S/C40H44F2N6O7/c1-4-47(5-2)34(50)20-13-21-43-38(53)40(41,42)35(51)31(23-28-15-8-6-9-16-28)45-33(49)25-48-36(30-19-12-14-27(3)22-30)44-24-32(37(48)52)46-39(54)55-26-29-17-10-7-11-18-29/h6-12,14-19,22,24,31H,4-5,13,20-21,23,25-26H2,1-3H3,(H,43,53)(H,45,49)(H,46,54). The summed E-state index contributed by atoms with van der Waals surface area (Å²) in [5.74, 6) is -9.52. The Kier molecular flexibility index (Phi) is 14.9. The van der Waals surface area contributed by atoms with Crippen LogP contribution in [0.3, 0.4) is 0 Å². The van der Waals surface area contributed by atoms with Crippen LogP contribution in [0.2, 0.25) is 0 Å². The third-order valence-electron chi connectivity index (χ3n) is 8.57. The van der Waals surface area contributed by atoms with Crippen molar-refractivity contribution in [3.05, 3.63) is 118 Å². The molecule has 0 aliphatic carbocycles. The third-order valence-corrected chi connectivity index (χ3v) is 8.57. The molecule has 0 spiro atoms. The van der Waals surface area contributed by atoms with Crippen LogP contribution in [0.15, 0.2) is 95.9 Å². The van der Waals surface area contributed by atoms with Gasteiger partial charge in [0.1, 0.15) is 24.7 Å². The minimum absolute atomic E-state index is 0.0124. The second kappa shape index (κ2) is 19.7. The van der Waals surface area contributed by atoms with Crippen LogP contribution < -0.4 is 21.5 Å². The monoisotopic (exact) mass is 758 g/mol. The van der Waals surface area contributed by atoms with Gasteiger partial charge in [0.2, 0.25) is 17.6 Å². The number of carbonyl (C=O) groups excluding carboxylic acids is 5. The summed E-state index contributed by atoms with van der Waals surface area (Å²) in [6.45, 7) is 5.19. The average Bonchev–Trinajstić information content (AvgIpc) is 3.18. The molecule has 4 amide bonds. The van der Waals surface area contributed by atoms with Gasteiger partial charge < -0.3 is 20.3 Å². The fraction of sp³-hybridized carbons (Fsp3) is 0.325. The normalized spacial score (nSPS) is 11.6. The Bertz CT molecular complexity index is 2020. The molecule has 0 radical (unpaired) electrons. The molecule has 290 valence electrons. The molecule has 0 saturated heterocycles. The van der Waals surface area contributed by atoms with Crippen LogP contribution in [0, 0.1) is 6.92 Å². The summed E-state index contributed by atoms with van der Waals surface area (Å²) in [6, 6.07) is 21.8. The van der Waals surface area contributed by atoms with Crippen LogP contribution in [0.5, 0.6) is 0 Å². The lowest BCUT2D eigenvalue weighted by Crippen LogP contribution is -2.56. The third kappa shape index (κ3) is 11.6. The first-order chi connectivity index (χ1) is 26.3. The number of anilines is 1. The minimum atomic E-state index is -4.56. The molecule has 0 bridgehead atoms. The zero-order valence-electron chi connectivity index (χ0n) is 30.8.